The predicted molar refractivity (Wildman–Crippen MR) is 103 cm³/mol. The number of nitrogens with one attached hydrogen (secondary N) is 1. The number of phenols is 2. The molecule has 0 aliphatic rings. The lowest BCUT2D eigenvalue weighted by molar-refractivity contribution is 0.0952. The normalized spacial score (nSPS) is 11.0. The highest BCUT2D eigenvalue weighted by atomic mass is 79.9. The molecule has 0 atom stereocenters. The number of hydrogen-bond donors (Lipinski definition) is 3. The molecular weight excluding hydrogens is 400 g/mol. The summed E-state index contributed by atoms with van der Waals surface area (Å²) >= 11 is 3.22. The Hall–Kier alpha value is -3.06. The van der Waals surface area contributed by atoms with Crippen LogP contribution in [0.4, 0.5) is 0 Å². The van der Waals surface area contributed by atoms with Gasteiger partial charge in [-0.15, -0.1) is 0 Å². The number of halogens is 1. The van der Waals surface area contributed by atoms with Crippen LogP contribution in [0.15, 0.2) is 58.1 Å². The second-order valence-electron chi connectivity index (χ2n) is 5.47. The first kappa shape index (κ1) is 17.8. The van der Waals surface area contributed by atoms with Crippen LogP contribution < -0.4 is 10.2 Å². The van der Waals surface area contributed by atoms with E-state index in [0.29, 0.717) is 10.0 Å². The topological polar surface area (TPSA) is 91.2 Å². The largest absolute Gasteiger partial charge is 0.507 e. The van der Waals surface area contributed by atoms with Gasteiger partial charge in [-0.25, -0.2) is 5.43 Å². The van der Waals surface area contributed by atoms with Gasteiger partial charge in [0.05, 0.1) is 23.4 Å². The Bertz CT molecular complexity index is 1020. The molecule has 0 bridgehead atoms. The van der Waals surface area contributed by atoms with E-state index in [1.54, 1.807) is 18.2 Å². The summed E-state index contributed by atoms with van der Waals surface area (Å²) < 4.78 is 5.50. The predicted octanol–water partition coefficient (Wildman–Crippen LogP) is 3.79. The summed E-state index contributed by atoms with van der Waals surface area (Å²) in [5, 5.41) is 25.4. The van der Waals surface area contributed by atoms with Crippen molar-refractivity contribution in [2.24, 2.45) is 5.10 Å². The van der Waals surface area contributed by atoms with Crippen molar-refractivity contribution in [1.82, 2.24) is 5.43 Å². The highest BCUT2D eigenvalue weighted by Crippen LogP contribution is 2.34. The van der Waals surface area contributed by atoms with Gasteiger partial charge >= 0.3 is 0 Å². The van der Waals surface area contributed by atoms with Crippen molar-refractivity contribution in [3.05, 3.63) is 64.1 Å². The number of aromatic hydroxyl groups is 2. The van der Waals surface area contributed by atoms with Crippen LogP contribution in [0.5, 0.6) is 17.2 Å². The molecule has 0 heterocycles. The van der Waals surface area contributed by atoms with Gasteiger partial charge in [0, 0.05) is 0 Å². The fourth-order valence-electron chi connectivity index (χ4n) is 2.46. The molecule has 0 unspecified atom stereocenters. The van der Waals surface area contributed by atoms with Crippen LogP contribution >= 0.6 is 15.9 Å². The molecule has 3 aromatic carbocycles. The maximum Gasteiger partial charge on any atom is 0.275 e. The van der Waals surface area contributed by atoms with Crippen LogP contribution in [0.2, 0.25) is 0 Å². The summed E-state index contributed by atoms with van der Waals surface area (Å²) in [5.74, 6) is -0.395. The molecule has 0 spiro atoms. The summed E-state index contributed by atoms with van der Waals surface area (Å²) in [6.07, 6.45) is 1.41. The molecule has 0 saturated heterocycles. The number of phenolic OH excluding ortho intramolecular Hbond substituents is 2. The quantitative estimate of drug-likeness (QED) is 0.447. The zero-order valence-electron chi connectivity index (χ0n) is 13.7. The first-order valence-electron chi connectivity index (χ1n) is 7.61. The van der Waals surface area contributed by atoms with Gasteiger partial charge in [0.1, 0.15) is 5.75 Å². The van der Waals surface area contributed by atoms with Crippen LogP contribution in [-0.4, -0.2) is 29.4 Å². The van der Waals surface area contributed by atoms with E-state index in [9.17, 15) is 15.0 Å². The Kier molecular flexibility index (Phi) is 5.09. The SMILES string of the molecule is COc1cc(C=NNC(=O)c2cc3ccccc3cc2O)cc(Br)c1O. The van der Waals surface area contributed by atoms with Crippen molar-refractivity contribution in [2.45, 2.75) is 0 Å². The number of ether oxygens (including phenoxy) is 1. The van der Waals surface area contributed by atoms with Crippen LogP contribution in [0.25, 0.3) is 10.8 Å². The van der Waals surface area contributed by atoms with Gasteiger partial charge < -0.3 is 14.9 Å². The minimum Gasteiger partial charge on any atom is -0.507 e. The van der Waals surface area contributed by atoms with Gasteiger partial charge in [-0.1, -0.05) is 24.3 Å². The second-order valence-corrected chi connectivity index (χ2v) is 6.32. The average Bonchev–Trinajstić information content (AvgIpc) is 2.63. The molecule has 3 aromatic rings. The zero-order chi connectivity index (χ0) is 18.7. The van der Waals surface area contributed by atoms with Crippen molar-refractivity contribution in [3.63, 3.8) is 0 Å². The standard InChI is InChI=1S/C19H15BrN2O4/c1-26-17-7-11(6-15(20)18(17)24)10-21-22-19(25)14-8-12-4-2-3-5-13(12)9-16(14)23/h2-10,23-24H,1H3,(H,22,25). The summed E-state index contributed by atoms with van der Waals surface area (Å²) in [6.45, 7) is 0. The van der Waals surface area contributed by atoms with Crippen LogP contribution in [0.3, 0.4) is 0 Å². The summed E-state index contributed by atoms with van der Waals surface area (Å²) in [4.78, 5) is 12.3. The number of nitrogens with zero attached hydrogens (tertiary/aromatic N) is 1. The van der Waals surface area contributed by atoms with Gasteiger partial charge in [0.2, 0.25) is 0 Å². The molecule has 0 aliphatic carbocycles. The van der Waals surface area contributed by atoms with Gasteiger partial charge in [-0.05, 0) is 56.5 Å². The zero-order valence-corrected chi connectivity index (χ0v) is 15.3. The van der Waals surface area contributed by atoms with E-state index >= 15 is 0 Å². The maximum absolute atomic E-state index is 12.3. The van der Waals surface area contributed by atoms with E-state index in [4.69, 9.17) is 4.74 Å². The van der Waals surface area contributed by atoms with Crippen molar-refractivity contribution in [1.29, 1.82) is 0 Å². The minimum atomic E-state index is -0.533. The van der Waals surface area contributed by atoms with E-state index in [2.05, 4.69) is 26.5 Å². The Labute approximate surface area is 157 Å². The molecule has 0 saturated carbocycles. The molecule has 0 radical (unpaired) electrons. The summed E-state index contributed by atoms with van der Waals surface area (Å²) in [7, 11) is 1.44. The number of carbonyl (C=O) groups excluding carboxylic acids is 1. The van der Waals surface area contributed by atoms with Gasteiger partial charge in [-0.2, -0.15) is 5.10 Å². The molecular formula is C19H15BrN2O4. The number of rotatable bonds is 4. The molecule has 3 N–H and O–H groups in total. The Morgan fingerprint density at radius 2 is 1.85 bits per heavy atom. The molecule has 7 heteroatoms. The lowest BCUT2D eigenvalue weighted by Gasteiger charge is -2.07. The molecule has 1 amide bonds. The number of hydrazone groups is 1. The summed E-state index contributed by atoms with van der Waals surface area (Å²) in [5.41, 5.74) is 3.11. The fourth-order valence-corrected chi connectivity index (χ4v) is 2.92. The highest BCUT2D eigenvalue weighted by Gasteiger charge is 2.12. The van der Waals surface area contributed by atoms with Crippen LogP contribution in [0, 0.1) is 0 Å². The molecule has 26 heavy (non-hydrogen) atoms. The number of hydrogen-bond acceptors (Lipinski definition) is 5. The van der Waals surface area contributed by atoms with E-state index in [0.717, 1.165) is 10.8 Å². The van der Waals surface area contributed by atoms with Crippen molar-refractivity contribution >= 4 is 38.8 Å². The Morgan fingerprint density at radius 3 is 2.54 bits per heavy atom. The lowest BCUT2D eigenvalue weighted by atomic mass is 10.1. The van der Waals surface area contributed by atoms with Gasteiger partial charge in [0.15, 0.2) is 11.5 Å². The van der Waals surface area contributed by atoms with Crippen molar-refractivity contribution < 1.29 is 19.7 Å². The first-order valence-corrected chi connectivity index (χ1v) is 8.40. The molecule has 3 rings (SSSR count). The van der Waals surface area contributed by atoms with E-state index in [1.807, 2.05) is 24.3 Å². The minimum absolute atomic E-state index is 0.0187. The lowest BCUT2D eigenvalue weighted by Crippen LogP contribution is -2.17. The van der Waals surface area contributed by atoms with Crippen LogP contribution in [0.1, 0.15) is 15.9 Å². The molecule has 0 aromatic heterocycles. The third kappa shape index (κ3) is 3.62. The molecule has 132 valence electrons. The van der Waals surface area contributed by atoms with Crippen LogP contribution in [-0.2, 0) is 0 Å². The average molecular weight is 415 g/mol. The smallest absolute Gasteiger partial charge is 0.275 e. The fraction of sp³-hybridized carbons (Fsp3) is 0.0526. The number of carbonyl (C=O) groups is 1. The number of methoxy groups -OCH3 is 1. The van der Waals surface area contributed by atoms with E-state index < -0.39 is 5.91 Å². The third-order valence-electron chi connectivity index (χ3n) is 3.76. The second kappa shape index (κ2) is 7.45. The number of benzene rings is 3. The van der Waals surface area contributed by atoms with E-state index in [-0.39, 0.29) is 22.8 Å². The Balaban J connectivity index is 1.80. The molecule has 6 nitrogen and oxygen atoms in total. The molecule has 0 fully saturated rings. The monoisotopic (exact) mass is 414 g/mol. The highest BCUT2D eigenvalue weighted by molar-refractivity contribution is 9.10. The molecule has 0 aliphatic heterocycles. The maximum atomic E-state index is 12.3. The van der Waals surface area contributed by atoms with Crippen molar-refractivity contribution in [2.75, 3.05) is 7.11 Å². The van der Waals surface area contributed by atoms with E-state index in [1.165, 1.54) is 19.4 Å². The number of fused-ring (bicyclic) bond motifs is 1. The summed E-state index contributed by atoms with van der Waals surface area (Å²) in [6, 6.07) is 13.8. The Morgan fingerprint density at radius 1 is 1.15 bits per heavy atom. The van der Waals surface area contributed by atoms with Crippen molar-refractivity contribution in [3.8, 4) is 17.2 Å². The van der Waals surface area contributed by atoms with Gasteiger partial charge in [-0.3, -0.25) is 4.79 Å². The first-order chi connectivity index (χ1) is 12.5. The number of amides is 1. The van der Waals surface area contributed by atoms with Gasteiger partial charge in [0.25, 0.3) is 5.91 Å². The third-order valence-corrected chi connectivity index (χ3v) is 4.36.